The van der Waals surface area contributed by atoms with E-state index in [4.69, 9.17) is 16.3 Å². The minimum absolute atomic E-state index is 0.0488. The fourth-order valence-corrected chi connectivity index (χ4v) is 2.62. The van der Waals surface area contributed by atoms with E-state index in [9.17, 15) is 9.59 Å². The maximum absolute atomic E-state index is 12.4. The monoisotopic (exact) mass is 364 g/mol. The van der Waals surface area contributed by atoms with E-state index in [1.165, 1.54) is 0 Å². The molecule has 1 heterocycles. The standard InChI is InChI=1S/C19H25ClN2O3/c1-15(2)14-25-19(24)22-11-3-10-21(12-13-22)18(23)9-6-16-4-7-17(20)8-5-16/h4-9,15H,3,10-14H2,1-2H3/b9-6+. The van der Waals surface area contributed by atoms with Crippen molar-refractivity contribution in [1.29, 1.82) is 0 Å². The van der Waals surface area contributed by atoms with Gasteiger partial charge in [-0.15, -0.1) is 0 Å². The summed E-state index contributed by atoms with van der Waals surface area (Å²) in [4.78, 5) is 27.9. The van der Waals surface area contributed by atoms with Crippen LogP contribution in [0.3, 0.4) is 0 Å². The van der Waals surface area contributed by atoms with Gasteiger partial charge in [-0.05, 0) is 36.1 Å². The SMILES string of the molecule is CC(C)COC(=O)N1CCCN(C(=O)/C=C/c2ccc(Cl)cc2)CC1. The summed E-state index contributed by atoms with van der Waals surface area (Å²) in [6.07, 6.45) is 3.80. The normalized spacial score (nSPS) is 15.5. The number of carbonyl (C=O) groups excluding carboxylic acids is 2. The molecule has 0 aliphatic carbocycles. The zero-order valence-corrected chi connectivity index (χ0v) is 15.5. The summed E-state index contributed by atoms with van der Waals surface area (Å²) in [5.41, 5.74) is 0.923. The van der Waals surface area contributed by atoms with Crippen molar-refractivity contribution in [1.82, 2.24) is 9.80 Å². The number of amides is 2. The minimum Gasteiger partial charge on any atom is -0.449 e. The fourth-order valence-electron chi connectivity index (χ4n) is 2.50. The molecule has 1 aliphatic heterocycles. The Kier molecular flexibility index (Phi) is 7.31. The third-order valence-corrected chi connectivity index (χ3v) is 4.15. The summed E-state index contributed by atoms with van der Waals surface area (Å²) in [6, 6.07) is 7.30. The number of hydrogen-bond donors (Lipinski definition) is 0. The summed E-state index contributed by atoms with van der Waals surface area (Å²) >= 11 is 5.85. The first kappa shape index (κ1) is 19.3. The number of ether oxygens (including phenoxy) is 1. The highest BCUT2D eigenvalue weighted by Crippen LogP contribution is 2.11. The number of nitrogens with zero attached hydrogens (tertiary/aromatic N) is 2. The van der Waals surface area contributed by atoms with E-state index in [1.54, 1.807) is 34.1 Å². The predicted molar refractivity (Wildman–Crippen MR) is 99.4 cm³/mol. The molecule has 1 aromatic carbocycles. The Bertz CT molecular complexity index is 614. The summed E-state index contributed by atoms with van der Waals surface area (Å²) in [7, 11) is 0. The van der Waals surface area contributed by atoms with E-state index in [-0.39, 0.29) is 12.0 Å². The number of rotatable bonds is 4. The number of carbonyl (C=O) groups is 2. The van der Waals surface area contributed by atoms with Gasteiger partial charge < -0.3 is 14.5 Å². The lowest BCUT2D eigenvalue weighted by atomic mass is 10.2. The molecule has 5 nitrogen and oxygen atoms in total. The highest BCUT2D eigenvalue weighted by molar-refractivity contribution is 6.30. The molecule has 0 aromatic heterocycles. The number of benzene rings is 1. The Balaban J connectivity index is 1.86. The molecule has 0 saturated carbocycles. The van der Waals surface area contributed by atoms with Gasteiger partial charge in [0.2, 0.25) is 5.91 Å². The second-order valence-electron chi connectivity index (χ2n) is 6.52. The summed E-state index contributed by atoms with van der Waals surface area (Å²) < 4.78 is 5.27. The van der Waals surface area contributed by atoms with Crippen LogP contribution in [0, 0.1) is 5.92 Å². The van der Waals surface area contributed by atoms with Crippen molar-refractivity contribution >= 4 is 29.7 Å². The lowest BCUT2D eigenvalue weighted by Gasteiger charge is -2.21. The summed E-state index contributed by atoms with van der Waals surface area (Å²) in [6.45, 7) is 6.69. The lowest BCUT2D eigenvalue weighted by Crippen LogP contribution is -2.37. The van der Waals surface area contributed by atoms with Gasteiger partial charge in [0, 0.05) is 37.3 Å². The highest BCUT2D eigenvalue weighted by Gasteiger charge is 2.22. The van der Waals surface area contributed by atoms with Crippen molar-refractivity contribution < 1.29 is 14.3 Å². The van der Waals surface area contributed by atoms with E-state index in [1.807, 2.05) is 26.0 Å². The quantitative estimate of drug-likeness (QED) is 0.766. The molecular formula is C19H25ClN2O3. The highest BCUT2D eigenvalue weighted by atomic mass is 35.5. The second-order valence-corrected chi connectivity index (χ2v) is 6.96. The van der Waals surface area contributed by atoms with E-state index >= 15 is 0 Å². The summed E-state index contributed by atoms with van der Waals surface area (Å²) in [5, 5.41) is 0.667. The van der Waals surface area contributed by atoms with Crippen molar-refractivity contribution in [2.45, 2.75) is 20.3 Å². The molecule has 136 valence electrons. The van der Waals surface area contributed by atoms with E-state index in [2.05, 4.69) is 0 Å². The molecule has 2 amide bonds. The van der Waals surface area contributed by atoms with Gasteiger partial charge in [0.15, 0.2) is 0 Å². The molecule has 6 heteroatoms. The van der Waals surface area contributed by atoms with Crippen LogP contribution in [-0.4, -0.2) is 54.6 Å². The molecule has 2 rings (SSSR count). The molecule has 0 spiro atoms. The maximum Gasteiger partial charge on any atom is 0.409 e. The third-order valence-electron chi connectivity index (χ3n) is 3.89. The van der Waals surface area contributed by atoms with Crippen LogP contribution in [0.1, 0.15) is 25.8 Å². The van der Waals surface area contributed by atoms with Gasteiger partial charge in [-0.2, -0.15) is 0 Å². The van der Waals surface area contributed by atoms with Gasteiger partial charge >= 0.3 is 6.09 Å². The molecule has 25 heavy (non-hydrogen) atoms. The van der Waals surface area contributed by atoms with Gasteiger partial charge in [0.1, 0.15) is 0 Å². The minimum atomic E-state index is -0.292. The van der Waals surface area contributed by atoms with Crippen molar-refractivity contribution in [3.8, 4) is 0 Å². The Morgan fingerprint density at radius 1 is 1.12 bits per heavy atom. The average molecular weight is 365 g/mol. The molecule has 1 aliphatic rings. The van der Waals surface area contributed by atoms with Crippen LogP contribution < -0.4 is 0 Å². The van der Waals surface area contributed by atoms with Gasteiger partial charge in [-0.3, -0.25) is 4.79 Å². The molecule has 0 N–H and O–H groups in total. The fraction of sp³-hybridized carbons (Fsp3) is 0.474. The molecule has 1 fully saturated rings. The Hall–Kier alpha value is -2.01. The Morgan fingerprint density at radius 2 is 1.76 bits per heavy atom. The Morgan fingerprint density at radius 3 is 2.44 bits per heavy atom. The lowest BCUT2D eigenvalue weighted by molar-refractivity contribution is -0.125. The van der Waals surface area contributed by atoms with Crippen LogP contribution >= 0.6 is 11.6 Å². The van der Waals surface area contributed by atoms with Crippen LogP contribution in [-0.2, 0) is 9.53 Å². The molecule has 1 saturated heterocycles. The largest absolute Gasteiger partial charge is 0.449 e. The molecule has 0 atom stereocenters. The predicted octanol–water partition coefficient (Wildman–Crippen LogP) is 3.68. The molecule has 0 radical (unpaired) electrons. The van der Waals surface area contributed by atoms with Crippen molar-refractivity contribution in [3.05, 3.63) is 40.9 Å². The van der Waals surface area contributed by atoms with Crippen molar-refractivity contribution in [2.75, 3.05) is 32.8 Å². The van der Waals surface area contributed by atoms with Crippen molar-refractivity contribution in [3.63, 3.8) is 0 Å². The first-order valence-corrected chi connectivity index (χ1v) is 8.98. The topological polar surface area (TPSA) is 49.9 Å². The van der Waals surface area contributed by atoms with Crippen LogP contribution in [0.5, 0.6) is 0 Å². The van der Waals surface area contributed by atoms with E-state index in [0.29, 0.717) is 43.7 Å². The number of hydrogen-bond acceptors (Lipinski definition) is 3. The Labute approximate surface area is 154 Å². The molecular weight excluding hydrogens is 340 g/mol. The molecule has 0 bridgehead atoms. The molecule has 0 unspecified atom stereocenters. The average Bonchev–Trinajstić information content (AvgIpc) is 2.85. The van der Waals surface area contributed by atoms with Crippen LogP contribution in [0.2, 0.25) is 5.02 Å². The van der Waals surface area contributed by atoms with Gasteiger partial charge in [0.25, 0.3) is 0 Å². The zero-order valence-electron chi connectivity index (χ0n) is 14.8. The van der Waals surface area contributed by atoms with Crippen LogP contribution in [0.15, 0.2) is 30.3 Å². The zero-order chi connectivity index (χ0) is 18.2. The van der Waals surface area contributed by atoms with Gasteiger partial charge in [-0.1, -0.05) is 37.6 Å². The third kappa shape index (κ3) is 6.42. The van der Waals surface area contributed by atoms with E-state index in [0.717, 1.165) is 12.0 Å². The second kappa shape index (κ2) is 9.47. The maximum atomic E-state index is 12.4. The van der Waals surface area contributed by atoms with E-state index < -0.39 is 0 Å². The van der Waals surface area contributed by atoms with Crippen molar-refractivity contribution in [2.24, 2.45) is 5.92 Å². The van der Waals surface area contributed by atoms with Crippen LogP contribution in [0.4, 0.5) is 4.79 Å². The smallest absolute Gasteiger partial charge is 0.409 e. The first-order valence-electron chi connectivity index (χ1n) is 8.60. The first-order chi connectivity index (χ1) is 12.0. The number of halogens is 1. The summed E-state index contributed by atoms with van der Waals surface area (Å²) in [5.74, 6) is 0.263. The van der Waals surface area contributed by atoms with Gasteiger partial charge in [-0.25, -0.2) is 4.79 Å². The molecule has 1 aromatic rings. The van der Waals surface area contributed by atoms with Gasteiger partial charge in [0.05, 0.1) is 6.61 Å². The van der Waals surface area contributed by atoms with Crippen LogP contribution in [0.25, 0.3) is 6.08 Å².